The van der Waals surface area contributed by atoms with Crippen molar-refractivity contribution in [1.29, 1.82) is 0 Å². The van der Waals surface area contributed by atoms with E-state index < -0.39 is 29.7 Å². The van der Waals surface area contributed by atoms with E-state index >= 15 is 0 Å². The molecule has 7 nitrogen and oxygen atoms in total. The van der Waals surface area contributed by atoms with E-state index in [-0.39, 0.29) is 13.0 Å². The summed E-state index contributed by atoms with van der Waals surface area (Å²) in [5.74, 6) is 0.474. The van der Waals surface area contributed by atoms with Gasteiger partial charge in [-0.1, -0.05) is 31.4 Å². The predicted molar refractivity (Wildman–Crippen MR) is 88.6 cm³/mol. The fourth-order valence-corrected chi connectivity index (χ4v) is 3.45. The minimum Gasteiger partial charge on any atom is -0.394 e. The van der Waals surface area contributed by atoms with E-state index in [1.165, 1.54) is 30.0 Å². The van der Waals surface area contributed by atoms with Crippen molar-refractivity contribution in [3.63, 3.8) is 0 Å². The van der Waals surface area contributed by atoms with Crippen LogP contribution in [0.3, 0.4) is 0 Å². The van der Waals surface area contributed by atoms with Crippen molar-refractivity contribution in [3.05, 3.63) is 38.7 Å². The van der Waals surface area contributed by atoms with Gasteiger partial charge in [-0.2, -0.15) is 0 Å². The topological polar surface area (TPSA) is 105 Å². The first-order chi connectivity index (χ1) is 11.6. The first-order valence-corrected chi connectivity index (χ1v) is 8.56. The molecule has 132 valence electrons. The molecule has 1 unspecified atom stereocenters. The van der Waals surface area contributed by atoms with E-state index in [1.807, 2.05) is 6.08 Å². The molecule has 2 fully saturated rings. The van der Waals surface area contributed by atoms with Gasteiger partial charge in [0.05, 0.1) is 18.3 Å². The first-order valence-electron chi connectivity index (χ1n) is 8.56. The number of H-pyrrole nitrogens is 1. The molecule has 0 amide bonds. The Labute approximate surface area is 139 Å². The van der Waals surface area contributed by atoms with Crippen molar-refractivity contribution in [1.82, 2.24) is 9.55 Å². The van der Waals surface area contributed by atoms with E-state index in [9.17, 15) is 14.7 Å². The summed E-state index contributed by atoms with van der Waals surface area (Å²) in [5.41, 5.74) is -0.614. The molecule has 3 rings (SSSR count). The van der Waals surface area contributed by atoms with Crippen molar-refractivity contribution in [2.45, 2.75) is 57.0 Å². The minimum atomic E-state index is -0.833. The van der Waals surface area contributed by atoms with Gasteiger partial charge in [0.1, 0.15) is 12.3 Å². The molecular weight excluding hydrogens is 312 g/mol. The van der Waals surface area contributed by atoms with E-state index in [0.29, 0.717) is 11.5 Å². The van der Waals surface area contributed by atoms with Crippen LogP contribution in [0, 0.1) is 5.92 Å². The van der Waals surface area contributed by atoms with Gasteiger partial charge in [-0.25, -0.2) is 4.79 Å². The van der Waals surface area contributed by atoms with E-state index in [2.05, 4.69) is 4.98 Å². The summed E-state index contributed by atoms with van der Waals surface area (Å²) in [4.78, 5) is 26.4. The summed E-state index contributed by atoms with van der Waals surface area (Å²) in [6, 6.07) is 0. The molecule has 2 aliphatic rings. The Kier molecular flexibility index (Phi) is 5.33. The number of ether oxygens (including phenoxy) is 1. The highest BCUT2D eigenvalue weighted by Crippen LogP contribution is 2.28. The molecule has 3 N–H and O–H groups in total. The third-order valence-electron chi connectivity index (χ3n) is 4.89. The number of hydrogen-bond donors (Lipinski definition) is 3. The molecule has 1 aromatic heterocycles. The zero-order valence-electron chi connectivity index (χ0n) is 13.6. The van der Waals surface area contributed by atoms with Gasteiger partial charge < -0.3 is 14.9 Å². The van der Waals surface area contributed by atoms with Gasteiger partial charge in [-0.3, -0.25) is 14.3 Å². The monoisotopic (exact) mass is 336 g/mol. The highest BCUT2D eigenvalue weighted by atomic mass is 16.5. The Morgan fingerprint density at radius 1 is 1.29 bits per heavy atom. The van der Waals surface area contributed by atoms with Crippen molar-refractivity contribution < 1.29 is 14.9 Å². The van der Waals surface area contributed by atoms with Crippen LogP contribution in [0.15, 0.2) is 21.9 Å². The molecule has 24 heavy (non-hydrogen) atoms. The summed E-state index contributed by atoms with van der Waals surface area (Å²) in [6.45, 7) is -0.315. The summed E-state index contributed by atoms with van der Waals surface area (Å²) in [7, 11) is 0. The molecule has 1 saturated carbocycles. The van der Waals surface area contributed by atoms with Gasteiger partial charge >= 0.3 is 5.69 Å². The van der Waals surface area contributed by atoms with Gasteiger partial charge in [0, 0.05) is 12.6 Å². The standard InChI is InChI=1S/C17H24N2O5/c20-10-14-13(21)8-15(24-14)19-9-12(16(22)18-17(19)23)7-6-11-4-2-1-3-5-11/h6-7,9,11,13-15,20-21H,1-5,8,10H2,(H,18,22,23)/b7-6+/t13-,14-,15?/m1/s1. The van der Waals surface area contributed by atoms with Crippen LogP contribution in [-0.2, 0) is 4.74 Å². The number of hydrogen-bond acceptors (Lipinski definition) is 5. The Morgan fingerprint density at radius 2 is 2.04 bits per heavy atom. The maximum atomic E-state index is 12.0. The first kappa shape index (κ1) is 17.1. The van der Waals surface area contributed by atoms with Crippen molar-refractivity contribution >= 4 is 6.08 Å². The molecule has 3 atom stereocenters. The molecule has 1 aliphatic heterocycles. The molecular formula is C17H24N2O5. The lowest BCUT2D eigenvalue weighted by Crippen LogP contribution is -2.33. The van der Waals surface area contributed by atoms with E-state index in [0.717, 1.165) is 12.8 Å². The number of aliphatic hydroxyl groups excluding tert-OH is 2. The number of allylic oxidation sites excluding steroid dienone is 1. The predicted octanol–water partition coefficient (Wildman–Crippen LogP) is 0.771. The fraction of sp³-hybridized carbons (Fsp3) is 0.647. The summed E-state index contributed by atoms with van der Waals surface area (Å²) < 4.78 is 6.77. The SMILES string of the molecule is O=c1[nH]c(=O)n(C2C[C@@H](O)[C@@H](CO)O2)cc1/C=C/C1CCCCC1. The Balaban J connectivity index is 1.82. The molecule has 1 saturated heterocycles. The Hall–Kier alpha value is -1.70. The van der Waals surface area contributed by atoms with Gasteiger partial charge in [-0.15, -0.1) is 0 Å². The van der Waals surface area contributed by atoms with Crippen LogP contribution in [0.1, 0.15) is 50.3 Å². The largest absolute Gasteiger partial charge is 0.394 e. The number of aliphatic hydroxyl groups is 2. The number of rotatable bonds is 4. The summed E-state index contributed by atoms with van der Waals surface area (Å²) in [5, 5.41) is 19.0. The van der Waals surface area contributed by atoms with Gasteiger partial charge in [0.25, 0.3) is 5.56 Å². The van der Waals surface area contributed by atoms with Gasteiger partial charge in [-0.05, 0) is 18.8 Å². The molecule has 1 aromatic rings. The smallest absolute Gasteiger partial charge is 0.330 e. The number of nitrogens with one attached hydrogen (secondary N) is 1. The third-order valence-corrected chi connectivity index (χ3v) is 4.89. The lowest BCUT2D eigenvalue weighted by Gasteiger charge is -2.18. The Bertz CT molecular complexity index is 702. The molecule has 0 spiro atoms. The average molecular weight is 336 g/mol. The van der Waals surface area contributed by atoms with Crippen LogP contribution < -0.4 is 11.2 Å². The lowest BCUT2D eigenvalue weighted by atomic mass is 9.89. The summed E-state index contributed by atoms with van der Waals surface area (Å²) >= 11 is 0. The molecule has 0 radical (unpaired) electrons. The third kappa shape index (κ3) is 3.68. The summed E-state index contributed by atoms with van der Waals surface area (Å²) in [6.07, 6.45) is 9.18. The molecule has 2 heterocycles. The van der Waals surface area contributed by atoms with Crippen LogP contribution in [0.5, 0.6) is 0 Å². The normalized spacial score (nSPS) is 28.7. The Morgan fingerprint density at radius 3 is 2.71 bits per heavy atom. The van der Waals surface area contributed by atoms with Crippen molar-refractivity contribution in [2.24, 2.45) is 5.92 Å². The second kappa shape index (κ2) is 7.46. The van der Waals surface area contributed by atoms with Crippen LogP contribution in [0.4, 0.5) is 0 Å². The van der Waals surface area contributed by atoms with Gasteiger partial charge in [0.15, 0.2) is 0 Å². The maximum absolute atomic E-state index is 12.0. The van der Waals surface area contributed by atoms with Crippen LogP contribution in [0.2, 0.25) is 0 Å². The van der Waals surface area contributed by atoms with E-state index in [1.54, 1.807) is 6.08 Å². The molecule has 7 heteroatoms. The number of nitrogens with zero attached hydrogens (tertiary/aromatic N) is 1. The van der Waals surface area contributed by atoms with Crippen LogP contribution in [0.25, 0.3) is 6.08 Å². The average Bonchev–Trinajstić information content (AvgIpc) is 2.95. The number of aromatic nitrogens is 2. The highest BCUT2D eigenvalue weighted by molar-refractivity contribution is 5.46. The molecule has 1 aliphatic carbocycles. The molecule has 0 aromatic carbocycles. The van der Waals surface area contributed by atoms with E-state index in [4.69, 9.17) is 9.84 Å². The van der Waals surface area contributed by atoms with Crippen molar-refractivity contribution in [2.75, 3.05) is 6.61 Å². The maximum Gasteiger partial charge on any atom is 0.330 e. The zero-order chi connectivity index (χ0) is 17.1. The highest BCUT2D eigenvalue weighted by Gasteiger charge is 2.35. The number of aromatic amines is 1. The zero-order valence-corrected chi connectivity index (χ0v) is 13.6. The van der Waals surface area contributed by atoms with Crippen LogP contribution >= 0.6 is 0 Å². The second-order valence-electron chi connectivity index (χ2n) is 6.62. The van der Waals surface area contributed by atoms with Crippen LogP contribution in [-0.4, -0.2) is 38.6 Å². The van der Waals surface area contributed by atoms with Crippen molar-refractivity contribution in [3.8, 4) is 0 Å². The molecule has 0 bridgehead atoms. The van der Waals surface area contributed by atoms with Gasteiger partial charge in [0.2, 0.25) is 0 Å². The lowest BCUT2D eigenvalue weighted by molar-refractivity contribution is -0.0459. The minimum absolute atomic E-state index is 0.197. The second-order valence-corrected chi connectivity index (χ2v) is 6.62. The fourth-order valence-electron chi connectivity index (χ4n) is 3.45. The quantitative estimate of drug-likeness (QED) is 0.753.